The first-order chi connectivity index (χ1) is 8.45. The van der Waals surface area contributed by atoms with Crippen LogP contribution in [0.4, 0.5) is 5.69 Å². The van der Waals surface area contributed by atoms with Crippen molar-refractivity contribution in [3.8, 4) is 0 Å². The van der Waals surface area contributed by atoms with Gasteiger partial charge in [0.05, 0.1) is 5.69 Å². The van der Waals surface area contributed by atoms with Crippen LogP contribution in [0.5, 0.6) is 0 Å². The predicted octanol–water partition coefficient (Wildman–Crippen LogP) is 2.07. The quantitative estimate of drug-likeness (QED) is 0.330. The fourth-order valence-corrected chi connectivity index (χ4v) is 1.73. The van der Waals surface area contributed by atoms with Crippen molar-refractivity contribution in [3.05, 3.63) is 29.3 Å². The van der Waals surface area contributed by atoms with E-state index < -0.39 is 0 Å². The molecule has 0 aliphatic rings. The summed E-state index contributed by atoms with van der Waals surface area (Å²) in [4.78, 5) is 11.7. The summed E-state index contributed by atoms with van der Waals surface area (Å²) in [5, 5.41) is 14.5. The Hall–Kier alpha value is -2.04. The molecular weight excluding hydrogens is 230 g/mol. The number of nitrogens with two attached hydrogens (primary N) is 1. The maximum absolute atomic E-state index is 11.7. The molecule has 0 aliphatic carbocycles. The Morgan fingerprint density at radius 3 is 2.72 bits per heavy atom. The molecule has 0 radical (unpaired) electrons. The largest absolute Gasteiger partial charge is 0.409 e. The van der Waals surface area contributed by atoms with E-state index in [9.17, 15) is 4.79 Å². The number of carbonyl (C=O) groups excluding carboxylic acids is 1. The molecule has 0 heterocycles. The number of aryl methyl sites for hydroxylation is 1. The Balaban J connectivity index is 3.02. The lowest BCUT2D eigenvalue weighted by Gasteiger charge is -2.13. The molecule has 5 nitrogen and oxygen atoms in total. The highest BCUT2D eigenvalue weighted by molar-refractivity contribution is 6.06. The first-order valence-electron chi connectivity index (χ1n) is 5.83. The Bertz CT molecular complexity index is 467. The second kappa shape index (κ2) is 6.05. The van der Waals surface area contributed by atoms with Crippen molar-refractivity contribution < 1.29 is 10.0 Å². The van der Waals surface area contributed by atoms with Gasteiger partial charge in [-0.15, -0.1) is 0 Å². The predicted molar refractivity (Wildman–Crippen MR) is 71.8 cm³/mol. The van der Waals surface area contributed by atoms with Crippen molar-refractivity contribution >= 4 is 17.4 Å². The number of oxime groups is 1. The Morgan fingerprint density at radius 1 is 1.50 bits per heavy atom. The molecule has 0 bridgehead atoms. The minimum atomic E-state index is -0.0809. The molecule has 0 fully saturated rings. The van der Waals surface area contributed by atoms with E-state index >= 15 is 0 Å². The highest BCUT2D eigenvalue weighted by Gasteiger charge is 2.13. The standard InChI is InChI=1S/C13H19N3O2/c1-8(2)7-11(17)15-10-6-4-5-9(3)12(10)13(14)16-18/h4-6,8,18H,7H2,1-3H3,(H2,14,16)(H,15,17). The van der Waals surface area contributed by atoms with Crippen molar-refractivity contribution in [3.63, 3.8) is 0 Å². The third kappa shape index (κ3) is 3.48. The van der Waals surface area contributed by atoms with Crippen LogP contribution >= 0.6 is 0 Å². The summed E-state index contributed by atoms with van der Waals surface area (Å²) in [5.74, 6) is 0.192. The molecule has 0 spiro atoms. The van der Waals surface area contributed by atoms with Crippen LogP contribution in [0.3, 0.4) is 0 Å². The summed E-state index contributed by atoms with van der Waals surface area (Å²) in [6.45, 7) is 5.78. The Kier molecular flexibility index (Phi) is 4.71. The summed E-state index contributed by atoms with van der Waals surface area (Å²) >= 11 is 0. The van der Waals surface area contributed by atoms with Gasteiger partial charge in [-0.1, -0.05) is 31.1 Å². The normalized spacial score (nSPS) is 11.7. The lowest BCUT2D eigenvalue weighted by atomic mass is 10.0. The van der Waals surface area contributed by atoms with Gasteiger partial charge in [0, 0.05) is 12.0 Å². The van der Waals surface area contributed by atoms with Gasteiger partial charge in [-0.05, 0) is 24.5 Å². The average molecular weight is 249 g/mol. The van der Waals surface area contributed by atoms with Crippen LogP contribution in [0.1, 0.15) is 31.4 Å². The molecule has 0 atom stereocenters. The summed E-state index contributed by atoms with van der Waals surface area (Å²) in [6, 6.07) is 5.39. The number of carbonyl (C=O) groups is 1. The second-order valence-electron chi connectivity index (χ2n) is 4.63. The van der Waals surface area contributed by atoms with Gasteiger partial charge in [0.1, 0.15) is 0 Å². The van der Waals surface area contributed by atoms with E-state index in [1.165, 1.54) is 0 Å². The SMILES string of the molecule is Cc1cccc(NC(=O)CC(C)C)c1/C(N)=N/O. The molecule has 0 saturated carbocycles. The number of hydrogen-bond acceptors (Lipinski definition) is 3. The third-order valence-electron chi connectivity index (χ3n) is 2.50. The minimum absolute atomic E-state index is 0.00653. The van der Waals surface area contributed by atoms with Crippen molar-refractivity contribution in [2.45, 2.75) is 27.2 Å². The number of hydrogen-bond donors (Lipinski definition) is 3. The van der Waals surface area contributed by atoms with E-state index in [4.69, 9.17) is 10.9 Å². The first-order valence-corrected chi connectivity index (χ1v) is 5.83. The van der Waals surface area contributed by atoms with Gasteiger partial charge in [0.25, 0.3) is 0 Å². The summed E-state index contributed by atoms with van der Waals surface area (Å²) in [7, 11) is 0. The van der Waals surface area contributed by atoms with E-state index in [1.54, 1.807) is 6.07 Å². The molecule has 0 unspecified atom stereocenters. The molecule has 1 aromatic rings. The first kappa shape index (κ1) is 14.0. The van der Waals surface area contributed by atoms with Gasteiger partial charge >= 0.3 is 0 Å². The number of anilines is 1. The van der Waals surface area contributed by atoms with Gasteiger partial charge in [-0.3, -0.25) is 4.79 Å². The number of nitrogens with one attached hydrogen (secondary N) is 1. The number of rotatable bonds is 4. The maximum Gasteiger partial charge on any atom is 0.224 e. The molecule has 98 valence electrons. The zero-order valence-electron chi connectivity index (χ0n) is 10.9. The molecular formula is C13H19N3O2. The Morgan fingerprint density at radius 2 is 2.17 bits per heavy atom. The number of amidine groups is 1. The summed E-state index contributed by atoms with van der Waals surface area (Å²) < 4.78 is 0. The molecule has 0 aliphatic heterocycles. The molecule has 1 aromatic carbocycles. The van der Waals surface area contributed by atoms with Gasteiger partial charge in [0.15, 0.2) is 5.84 Å². The van der Waals surface area contributed by atoms with Gasteiger partial charge in [0.2, 0.25) is 5.91 Å². The molecule has 4 N–H and O–H groups in total. The van der Waals surface area contributed by atoms with Gasteiger partial charge in [-0.25, -0.2) is 0 Å². The van der Waals surface area contributed by atoms with E-state index in [0.29, 0.717) is 17.7 Å². The summed E-state index contributed by atoms with van der Waals surface area (Å²) in [5.41, 5.74) is 7.58. The fraction of sp³-hybridized carbons (Fsp3) is 0.385. The second-order valence-corrected chi connectivity index (χ2v) is 4.63. The Labute approximate surface area is 107 Å². The molecule has 1 rings (SSSR count). The smallest absolute Gasteiger partial charge is 0.224 e. The van der Waals surface area contributed by atoms with Crippen molar-refractivity contribution in [2.24, 2.45) is 16.8 Å². The fourth-order valence-electron chi connectivity index (χ4n) is 1.73. The molecule has 0 aromatic heterocycles. The molecule has 1 amide bonds. The van der Waals surface area contributed by atoms with Crippen LogP contribution in [0.15, 0.2) is 23.4 Å². The van der Waals surface area contributed by atoms with Crippen molar-refractivity contribution in [2.75, 3.05) is 5.32 Å². The van der Waals surface area contributed by atoms with Gasteiger partial charge < -0.3 is 16.3 Å². The lowest BCUT2D eigenvalue weighted by molar-refractivity contribution is -0.116. The molecule has 0 saturated heterocycles. The van der Waals surface area contributed by atoms with Crippen LogP contribution in [0.25, 0.3) is 0 Å². The zero-order chi connectivity index (χ0) is 13.7. The lowest BCUT2D eigenvalue weighted by Crippen LogP contribution is -2.21. The van der Waals surface area contributed by atoms with Crippen LogP contribution < -0.4 is 11.1 Å². The number of amides is 1. The van der Waals surface area contributed by atoms with Crippen LogP contribution in [0.2, 0.25) is 0 Å². The number of nitrogens with zero attached hydrogens (tertiary/aromatic N) is 1. The van der Waals surface area contributed by atoms with E-state index in [-0.39, 0.29) is 17.7 Å². The number of benzene rings is 1. The van der Waals surface area contributed by atoms with E-state index in [0.717, 1.165) is 5.56 Å². The third-order valence-corrected chi connectivity index (χ3v) is 2.50. The maximum atomic E-state index is 11.7. The highest BCUT2D eigenvalue weighted by Crippen LogP contribution is 2.20. The highest BCUT2D eigenvalue weighted by atomic mass is 16.4. The monoisotopic (exact) mass is 249 g/mol. The minimum Gasteiger partial charge on any atom is -0.409 e. The van der Waals surface area contributed by atoms with Crippen molar-refractivity contribution in [1.82, 2.24) is 0 Å². The summed E-state index contributed by atoms with van der Waals surface area (Å²) in [6.07, 6.45) is 0.434. The molecule has 5 heteroatoms. The van der Waals surface area contributed by atoms with Crippen LogP contribution in [0, 0.1) is 12.8 Å². The van der Waals surface area contributed by atoms with Crippen LogP contribution in [-0.4, -0.2) is 17.0 Å². The topological polar surface area (TPSA) is 87.7 Å². The van der Waals surface area contributed by atoms with Gasteiger partial charge in [-0.2, -0.15) is 0 Å². The molecule has 18 heavy (non-hydrogen) atoms. The zero-order valence-corrected chi connectivity index (χ0v) is 10.9. The average Bonchev–Trinajstić information content (AvgIpc) is 2.27. The van der Waals surface area contributed by atoms with Crippen molar-refractivity contribution in [1.29, 1.82) is 0 Å². The van der Waals surface area contributed by atoms with Crippen LogP contribution in [-0.2, 0) is 4.79 Å². The van der Waals surface area contributed by atoms with E-state index in [1.807, 2.05) is 32.9 Å². The van der Waals surface area contributed by atoms with E-state index in [2.05, 4.69) is 10.5 Å².